The minimum absolute atomic E-state index is 0. The molecule has 0 aromatic rings. The second-order valence-corrected chi connectivity index (χ2v) is 4.01. The first-order chi connectivity index (χ1) is 4.27. The van der Waals surface area contributed by atoms with Crippen LogP contribution in [0, 0.1) is 17.3 Å². The van der Waals surface area contributed by atoms with Crippen molar-refractivity contribution in [1.82, 2.24) is 6.15 Å². The van der Waals surface area contributed by atoms with Crippen LogP contribution < -0.4 is 11.9 Å². The summed E-state index contributed by atoms with van der Waals surface area (Å²) in [6.45, 7) is 3.30. The molecule has 0 aromatic heterocycles. The molecular formula is C8H18N2. The molecule has 0 saturated heterocycles. The van der Waals surface area contributed by atoms with Gasteiger partial charge in [0.1, 0.15) is 0 Å². The summed E-state index contributed by atoms with van der Waals surface area (Å²) in [4.78, 5) is 0. The molecular weight excluding hydrogens is 124 g/mol. The van der Waals surface area contributed by atoms with E-state index in [0.717, 1.165) is 18.4 Å². The van der Waals surface area contributed by atoms with Crippen LogP contribution in [0.15, 0.2) is 0 Å². The van der Waals surface area contributed by atoms with E-state index in [9.17, 15) is 0 Å². The van der Waals surface area contributed by atoms with Crippen molar-refractivity contribution in [3.63, 3.8) is 0 Å². The summed E-state index contributed by atoms with van der Waals surface area (Å²) in [5.41, 5.74) is 6.32. The third-order valence-corrected chi connectivity index (χ3v) is 3.21. The largest absolute Gasteiger partial charge is 0.344 e. The van der Waals surface area contributed by atoms with Crippen LogP contribution in [-0.2, 0) is 0 Å². The lowest BCUT2D eigenvalue weighted by Crippen LogP contribution is -2.15. The predicted molar refractivity (Wildman–Crippen MR) is 43.0 cm³/mol. The highest BCUT2D eigenvalue weighted by molar-refractivity contribution is 5.08. The van der Waals surface area contributed by atoms with E-state index in [0.29, 0.717) is 5.41 Å². The van der Waals surface area contributed by atoms with Gasteiger partial charge in [0.15, 0.2) is 0 Å². The Balaban J connectivity index is 0.000000500. The molecule has 60 valence electrons. The third-order valence-electron chi connectivity index (χ3n) is 3.21. The van der Waals surface area contributed by atoms with Crippen molar-refractivity contribution in [1.29, 1.82) is 0 Å². The van der Waals surface area contributed by atoms with Gasteiger partial charge < -0.3 is 11.9 Å². The van der Waals surface area contributed by atoms with Gasteiger partial charge in [-0.05, 0) is 43.1 Å². The summed E-state index contributed by atoms with van der Waals surface area (Å²) in [5.74, 6) is 1.99. The Hall–Kier alpha value is -0.0800. The third kappa shape index (κ3) is 0.867. The summed E-state index contributed by atoms with van der Waals surface area (Å²) < 4.78 is 0. The van der Waals surface area contributed by atoms with Crippen molar-refractivity contribution in [3.8, 4) is 0 Å². The van der Waals surface area contributed by atoms with E-state index in [2.05, 4.69) is 6.92 Å². The maximum Gasteiger partial charge on any atom is -0.00177 e. The van der Waals surface area contributed by atoms with Gasteiger partial charge in [-0.2, -0.15) is 0 Å². The Morgan fingerprint density at radius 1 is 1.50 bits per heavy atom. The molecule has 0 spiro atoms. The molecule has 0 radical (unpaired) electrons. The summed E-state index contributed by atoms with van der Waals surface area (Å²) in [7, 11) is 0. The SMILES string of the molecule is CC1CC2CC2(CN)C1.N. The molecule has 2 nitrogen and oxygen atoms in total. The maximum atomic E-state index is 5.67. The maximum absolute atomic E-state index is 5.67. The van der Waals surface area contributed by atoms with E-state index >= 15 is 0 Å². The van der Waals surface area contributed by atoms with Gasteiger partial charge in [-0.25, -0.2) is 0 Å². The fourth-order valence-electron chi connectivity index (χ4n) is 2.61. The average Bonchev–Trinajstić information content (AvgIpc) is 2.38. The Bertz CT molecular complexity index is 131. The van der Waals surface area contributed by atoms with Crippen molar-refractivity contribution in [3.05, 3.63) is 0 Å². The van der Waals surface area contributed by atoms with Crippen LogP contribution in [0.3, 0.4) is 0 Å². The van der Waals surface area contributed by atoms with Gasteiger partial charge in [-0.15, -0.1) is 0 Å². The van der Waals surface area contributed by atoms with Crippen LogP contribution >= 0.6 is 0 Å². The molecule has 2 rings (SSSR count). The second kappa shape index (κ2) is 2.21. The molecule has 0 aliphatic heterocycles. The first kappa shape index (κ1) is 8.02. The van der Waals surface area contributed by atoms with Crippen molar-refractivity contribution in [2.24, 2.45) is 23.0 Å². The second-order valence-electron chi connectivity index (χ2n) is 4.01. The number of nitrogens with two attached hydrogens (primary N) is 1. The van der Waals surface area contributed by atoms with Crippen LogP contribution in [0.4, 0.5) is 0 Å². The molecule has 2 heteroatoms. The Morgan fingerprint density at radius 2 is 2.20 bits per heavy atom. The fourth-order valence-corrected chi connectivity index (χ4v) is 2.61. The van der Waals surface area contributed by atoms with E-state index in [1.165, 1.54) is 19.3 Å². The van der Waals surface area contributed by atoms with Gasteiger partial charge in [0.2, 0.25) is 0 Å². The molecule has 3 unspecified atom stereocenters. The minimum Gasteiger partial charge on any atom is -0.344 e. The first-order valence-electron chi connectivity index (χ1n) is 3.97. The zero-order valence-electron chi connectivity index (χ0n) is 6.77. The molecule has 0 amide bonds. The van der Waals surface area contributed by atoms with E-state index in [-0.39, 0.29) is 6.15 Å². The highest BCUT2D eigenvalue weighted by Crippen LogP contribution is 2.64. The summed E-state index contributed by atoms with van der Waals surface area (Å²) in [6.07, 6.45) is 4.30. The van der Waals surface area contributed by atoms with Crippen LogP contribution in [0.5, 0.6) is 0 Å². The lowest BCUT2D eigenvalue weighted by molar-refractivity contribution is 0.444. The van der Waals surface area contributed by atoms with Gasteiger partial charge in [-0.3, -0.25) is 0 Å². The summed E-state index contributed by atoms with van der Waals surface area (Å²) >= 11 is 0. The molecule has 3 atom stereocenters. The Labute approximate surface area is 62.8 Å². The summed E-state index contributed by atoms with van der Waals surface area (Å²) in [5, 5.41) is 0. The lowest BCUT2D eigenvalue weighted by atomic mass is 9.99. The quantitative estimate of drug-likeness (QED) is 0.583. The zero-order valence-corrected chi connectivity index (χ0v) is 6.77. The topological polar surface area (TPSA) is 61.0 Å². The van der Waals surface area contributed by atoms with E-state index in [1.807, 2.05) is 0 Å². The predicted octanol–water partition coefficient (Wildman–Crippen LogP) is 1.54. The monoisotopic (exact) mass is 142 g/mol. The summed E-state index contributed by atoms with van der Waals surface area (Å²) in [6, 6.07) is 0. The molecule has 2 aliphatic carbocycles. The highest BCUT2D eigenvalue weighted by Gasteiger charge is 2.57. The van der Waals surface area contributed by atoms with E-state index in [1.54, 1.807) is 0 Å². The number of fused-ring (bicyclic) bond motifs is 1. The number of rotatable bonds is 1. The van der Waals surface area contributed by atoms with Crippen molar-refractivity contribution < 1.29 is 0 Å². The molecule has 10 heavy (non-hydrogen) atoms. The normalized spacial score (nSPS) is 49.8. The molecule has 0 aromatic carbocycles. The van der Waals surface area contributed by atoms with Gasteiger partial charge in [-0.1, -0.05) is 6.92 Å². The Morgan fingerprint density at radius 3 is 2.50 bits per heavy atom. The number of hydrogen-bond acceptors (Lipinski definition) is 2. The van der Waals surface area contributed by atoms with E-state index < -0.39 is 0 Å². The fraction of sp³-hybridized carbons (Fsp3) is 1.00. The van der Waals surface area contributed by atoms with Crippen LogP contribution in [0.25, 0.3) is 0 Å². The first-order valence-corrected chi connectivity index (χ1v) is 3.97. The number of hydrogen-bond donors (Lipinski definition) is 2. The molecule has 5 N–H and O–H groups in total. The molecule has 0 heterocycles. The molecule has 2 fully saturated rings. The standard InChI is InChI=1S/C8H15N.H3N/c1-6-2-7-4-8(7,3-6)5-9;/h6-7H,2-5,9H2,1H3;1H3. The van der Waals surface area contributed by atoms with Crippen molar-refractivity contribution in [2.45, 2.75) is 26.2 Å². The molecule has 2 saturated carbocycles. The van der Waals surface area contributed by atoms with Crippen LogP contribution in [-0.4, -0.2) is 6.54 Å². The smallest absolute Gasteiger partial charge is 0.00177 e. The molecule has 2 aliphatic rings. The van der Waals surface area contributed by atoms with Crippen LogP contribution in [0.2, 0.25) is 0 Å². The van der Waals surface area contributed by atoms with Gasteiger partial charge in [0.25, 0.3) is 0 Å². The van der Waals surface area contributed by atoms with Gasteiger partial charge >= 0.3 is 0 Å². The van der Waals surface area contributed by atoms with Gasteiger partial charge in [0, 0.05) is 0 Å². The highest BCUT2D eigenvalue weighted by atomic mass is 14.7. The van der Waals surface area contributed by atoms with E-state index in [4.69, 9.17) is 5.73 Å². The van der Waals surface area contributed by atoms with Gasteiger partial charge in [0.05, 0.1) is 0 Å². The van der Waals surface area contributed by atoms with Crippen LogP contribution in [0.1, 0.15) is 26.2 Å². The molecule has 0 bridgehead atoms. The minimum atomic E-state index is 0. The zero-order chi connectivity index (χ0) is 6.48. The lowest BCUT2D eigenvalue weighted by Gasteiger charge is -2.09. The van der Waals surface area contributed by atoms with Crippen molar-refractivity contribution in [2.75, 3.05) is 6.54 Å². The average molecular weight is 142 g/mol. The van der Waals surface area contributed by atoms with Crippen molar-refractivity contribution >= 4 is 0 Å². The Kier molecular flexibility index (Phi) is 1.77.